The first-order valence-electron chi connectivity index (χ1n) is 5.67. The number of nitrogens with two attached hydrogens (primary N) is 1. The molecule has 1 heterocycles. The summed E-state index contributed by atoms with van der Waals surface area (Å²) in [6, 6.07) is 10.4. The van der Waals surface area contributed by atoms with Crippen LogP contribution in [0.3, 0.4) is 0 Å². The molecule has 1 fully saturated rings. The third kappa shape index (κ3) is 1.82. The van der Waals surface area contributed by atoms with Crippen LogP contribution in [0, 0.1) is 17.2 Å². The lowest BCUT2D eigenvalue weighted by Crippen LogP contribution is -2.25. The van der Waals surface area contributed by atoms with Crippen molar-refractivity contribution >= 4 is 0 Å². The summed E-state index contributed by atoms with van der Waals surface area (Å²) in [5.41, 5.74) is 7.71. The zero-order valence-corrected chi connectivity index (χ0v) is 9.56. The van der Waals surface area contributed by atoms with Crippen molar-refractivity contribution in [2.45, 2.75) is 12.5 Å². The highest BCUT2D eigenvalue weighted by Gasteiger charge is 2.33. The number of benzene rings is 1. The molecule has 0 bridgehead atoms. The molecule has 1 aromatic rings. The third-order valence-corrected chi connectivity index (χ3v) is 3.48. The molecule has 0 aromatic heterocycles. The van der Waals surface area contributed by atoms with Crippen molar-refractivity contribution in [2.24, 2.45) is 11.7 Å². The second-order valence-electron chi connectivity index (χ2n) is 4.41. The summed E-state index contributed by atoms with van der Waals surface area (Å²) < 4.78 is 0. The Kier molecular flexibility index (Phi) is 3.23. The van der Waals surface area contributed by atoms with Gasteiger partial charge in [0.2, 0.25) is 0 Å². The zero-order chi connectivity index (χ0) is 11.5. The Morgan fingerprint density at radius 2 is 2.25 bits per heavy atom. The first-order chi connectivity index (χ1) is 7.77. The predicted molar refractivity (Wildman–Crippen MR) is 63.7 cm³/mol. The molecule has 0 aliphatic carbocycles. The molecule has 84 valence electrons. The monoisotopic (exact) mass is 215 g/mol. The van der Waals surface area contributed by atoms with Gasteiger partial charge in [0, 0.05) is 6.04 Å². The maximum absolute atomic E-state index is 9.12. The Bertz CT molecular complexity index is 408. The van der Waals surface area contributed by atoms with Crippen LogP contribution in [0.2, 0.25) is 0 Å². The molecule has 0 saturated carbocycles. The SMILES string of the molecule is CN1CCC(CN)C1c1ccccc1C#N. The van der Waals surface area contributed by atoms with Crippen LogP contribution in [-0.4, -0.2) is 25.0 Å². The van der Waals surface area contributed by atoms with E-state index >= 15 is 0 Å². The summed E-state index contributed by atoms with van der Waals surface area (Å²) in [6.45, 7) is 1.75. The lowest BCUT2D eigenvalue weighted by molar-refractivity contribution is 0.279. The summed E-state index contributed by atoms with van der Waals surface area (Å²) in [4.78, 5) is 2.30. The Labute approximate surface area is 96.5 Å². The fraction of sp³-hybridized carbons (Fsp3) is 0.462. The van der Waals surface area contributed by atoms with Crippen LogP contribution >= 0.6 is 0 Å². The smallest absolute Gasteiger partial charge is 0.0995 e. The van der Waals surface area contributed by atoms with Gasteiger partial charge in [-0.2, -0.15) is 5.26 Å². The minimum Gasteiger partial charge on any atom is -0.330 e. The predicted octanol–water partition coefficient (Wildman–Crippen LogP) is 1.51. The van der Waals surface area contributed by atoms with E-state index < -0.39 is 0 Å². The van der Waals surface area contributed by atoms with Crippen molar-refractivity contribution in [3.05, 3.63) is 35.4 Å². The van der Waals surface area contributed by atoms with Gasteiger partial charge in [-0.25, -0.2) is 0 Å². The van der Waals surface area contributed by atoms with Crippen LogP contribution in [0.5, 0.6) is 0 Å². The standard InChI is InChI=1S/C13H17N3/c1-16-7-6-11(9-15)13(16)12-5-3-2-4-10(12)8-14/h2-5,11,13H,6-7,9,15H2,1H3. The van der Waals surface area contributed by atoms with Gasteiger partial charge >= 0.3 is 0 Å². The largest absolute Gasteiger partial charge is 0.330 e. The molecule has 0 amide bonds. The molecule has 1 saturated heterocycles. The van der Waals surface area contributed by atoms with E-state index in [-0.39, 0.29) is 0 Å². The Balaban J connectivity index is 2.39. The summed E-state index contributed by atoms with van der Waals surface area (Å²) in [5.74, 6) is 0.472. The fourth-order valence-corrected chi connectivity index (χ4v) is 2.62. The van der Waals surface area contributed by atoms with E-state index in [4.69, 9.17) is 11.0 Å². The van der Waals surface area contributed by atoms with Gasteiger partial charge in [0.1, 0.15) is 0 Å². The molecule has 2 unspecified atom stereocenters. The quantitative estimate of drug-likeness (QED) is 0.813. The Morgan fingerprint density at radius 3 is 2.94 bits per heavy atom. The van der Waals surface area contributed by atoms with E-state index in [1.54, 1.807) is 0 Å². The van der Waals surface area contributed by atoms with Gasteiger partial charge in [0.25, 0.3) is 0 Å². The van der Waals surface area contributed by atoms with E-state index in [0.29, 0.717) is 18.5 Å². The topological polar surface area (TPSA) is 53.0 Å². The second-order valence-corrected chi connectivity index (χ2v) is 4.41. The Hall–Kier alpha value is -1.37. The first kappa shape index (κ1) is 11.1. The number of nitrogens with zero attached hydrogens (tertiary/aromatic N) is 2. The molecular weight excluding hydrogens is 198 g/mol. The van der Waals surface area contributed by atoms with Crippen molar-refractivity contribution in [3.63, 3.8) is 0 Å². The average Bonchev–Trinajstić information content (AvgIpc) is 2.70. The maximum atomic E-state index is 9.12. The van der Waals surface area contributed by atoms with Crippen molar-refractivity contribution < 1.29 is 0 Å². The minimum atomic E-state index is 0.306. The van der Waals surface area contributed by atoms with Gasteiger partial charge < -0.3 is 5.73 Å². The lowest BCUT2D eigenvalue weighted by atomic mass is 9.91. The van der Waals surface area contributed by atoms with Gasteiger partial charge in [0.15, 0.2) is 0 Å². The molecule has 0 spiro atoms. The van der Waals surface area contributed by atoms with Crippen LogP contribution in [0.25, 0.3) is 0 Å². The summed E-state index contributed by atoms with van der Waals surface area (Å²) in [5, 5.41) is 9.12. The fourth-order valence-electron chi connectivity index (χ4n) is 2.62. The van der Waals surface area contributed by atoms with Gasteiger partial charge in [-0.3, -0.25) is 4.90 Å². The maximum Gasteiger partial charge on any atom is 0.0995 e. The van der Waals surface area contributed by atoms with Gasteiger partial charge in [0.05, 0.1) is 11.6 Å². The van der Waals surface area contributed by atoms with Crippen LogP contribution in [0.4, 0.5) is 0 Å². The second kappa shape index (κ2) is 4.65. The molecule has 1 aliphatic rings. The van der Waals surface area contributed by atoms with E-state index in [1.165, 1.54) is 0 Å². The number of nitriles is 1. The average molecular weight is 215 g/mol. The van der Waals surface area contributed by atoms with E-state index in [9.17, 15) is 0 Å². The molecule has 2 N–H and O–H groups in total. The van der Waals surface area contributed by atoms with E-state index in [2.05, 4.69) is 18.0 Å². The highest BCUT2D eigenvalue weighted by Crippen LogP contribution is 2.36. The van der Waals surface area contributed by atoms with Crippen LogP contribution < -0.4 is 5.73 Å². The highest BCUT2D eigenvalue weighted by molar-refractivity contribution is 5.40. The number of hydrogen-bond donors (Lipinski definition) is 1. The van der Waals surface area contributed by atoms with Crippen molar-refractivity contribution in [1.29, 1.82) is 5.26 Å². The van der Waals surface area contributed by atoms with Gasteiger partial charge in [-0.05, 0) is 44.1 Å². The minimum absolute atomic E-state index is 0.306. The number of hydrogen-bond acceptors (Lipinski definition) is 3. The van der Waals surface area contributed by atoms with Crippen molar-refractivity contribution in [1.82, 2.24) is 4.90 Å². The normalized spacial score (nSPS) is 25.6. The molecule has 2 rings (SSSR count). The summed E-state index contributed by atoms with van der Waals surface area (Å²) in [6.07, 6.45) is 1.12. The van der Waals surface area contributed by atoms with Gasteiger partial charge in [-0.1, -0.05) is 18.2 Å². The lowest BCUT2D eigenvalue weighted by Gasteiger charge is -2.25. The molecule has 1 aromatic carbocycles. The first-order valence-corrected chi connectivity index (χ1v) is 5.67. The molecule has 0 radical (unpaired) electrons. The van der Waals surface area contributed by atoms with Crippen LogP contribution in [0.1, 0.15) is 23.6 Å². The van der Waals surface area contributed by atoms with E-state index in [1.807, 2.05) is 24.3 Å². The number of rotatable bonds is 2. The van der Waals surface area contributed by atoms with Crippen LogP contribution in [-0.2, 0) is 0 Å². The Morgan fingerprint density at radius 1 is 1.50 bits per heavy atom. The molecular formula is C13H17N3. The zero-order valence-electron chi connectivity index (χ0n) is 9.56. The van der Waals surface area contributed by atoms with E-state index in [0.717, 1.165) is 24.1 Å². The van der Waals surface area contributed by atoms with Crippen LogP contribution in [0.15, 0.2) is 24.3 Å². The molecule has 2 atom stereocenters. The van der Waals surface area contributed by atoms with Gasteiger partial charge in [-0.15, -0.1) is 0 Å². The highest BCUT2D eigenvalue weighted by atomic mass is 15.2. The molecule has 3 nitrogen and oxygen atoms in total. The molecule has 16 heavy (non-hydrogen) atoms. The summed E-state index contributed by atoms with van der Waals surface area (Å²) in [7, 11) is 2.11. The number of likely N-dealkylation sites (tertiary alicyclic amines) is 1. The summed E-state index contributed by atoms with van der Waals surface area (Å²) >= 11 is 0. The van der Waals surface area contributed by atoms with Crippen molar-refractivity contribution in [2.75, 3.05) is 20.1 Å². The van der Waals surface area contributed by atoms with Crippen molar-refractivity contribution in [3.8, 4) is 6.07 Å². The molecule has 1 aliphatic heterocycles. The molecule has 3 heteroatoms. The third-order valence-electron chi connectivity index (χ3n) is 3.48.